The number of aromatic hydroxyl groups is 1. The number of methoxy groups -OCH3 is 1. The van der Waals surface area contributed by atoms with Crippen molar-refractivity contribution in [3.05, 3.63) is 52.8 Å². The van der Waals surface area contributed by atoms with E-state index < -0.39 is 5.82 Å². The Morgan fingerprint density at radius 3 is 2.71 bits per heavy atom. The van der Waals surface area contributed by atoms with Crippen LogP contribution in [-0.4, -0.2) is 12.2 Å². The molecule has 21 heavy (non-hydrogen) atoms. The van der Waals surface area contributed by atoms with Gasteiger partial charge in [0.1, 0.15) is 17.3 Å². The van der Waals surface area contributed by atoms with E-state index in [0.29, 0.717) is 29.1 Å². The second-order valence-electron chi connectivity index (χ2n) is 4.59. The van der Waals surface area contributed by atoms with Gasteiger partial charge in [-0.05, 0) is 31.2 Å². The predicted octanol–water partition coefficient (Wildman–Crippen LogP) is 3.33. The van der Waals surface area contributed by atoms with Gasteiger partial charge in [0.2, 0.25) is 0 Å². The monoisotopic (exact) mass is 286 g/mol. The highest BCUT2D eigenvalue weighted by atomic mass is 19.1. The number of hydrogen-bond donors (Lipinski definition) is 2. The zero-order valence-corrected chi connectivity index (χ0v) is 11.8. The van der Waals surface area contributed by atoms with Gasteiger partial charge in [-0.2, -0.15) is 5.26 Å². The Kier molecular flexibility index (Phi) is 4.29. The molecule has 4 nitrogen and oxygen atoms in total. The first-order valence-corrected chi connectivity index (χ1v) is 6.35. The smallest absolute Gasteiger partial charge is 0.129 e. The molecule has 0 saturated carbocycles. The summed E-state index contributed by atoms with van der Waals surface area (Å²) in [6.45, 7) is 1.94. The summed E-state index contributed by atoms with van der Waals surface area (Å²) in [5.41, 5.74) is 1.86. The number of halogens is 1. The molecule has 2 rings (SSSR count). The Bertz CT molecular complexity index is 708. The molecule has 0 atom stereocenters. The van der Waals surface area contributed by atoms with Gasteiger partial charge in [-0.1, -0.05) is 0 Å². The van der Waals surface area contributed by atoms with E-state index in [1.54, 1.807) is 25.1 Å². The van der Waals surface area contributed by atoms with Crippen molar-refractivity contribution in [3.63, 3.8) is 0 Å². The Hall–Kier alpha value is -2.74. The van der Waals surface area contributed by atoms with E-state index in [1.807, 2.05) is 6.07 Å². The van der Waals surface area contributed by atoms with Gasteiger partial charge in [0.25, 0.3) is 0 Å². The summed E-state index contributed by atoms with van der Waals surface area (Å²) in [5, 5.41) is 21.8. The molecule has 2 aromatic carbocycles. The van der Waals surface area contributed by atoms with E-state index in [9.17, 15) is 9.50 Å². The molecule has 0 aliphatic heterocycles. The van der Waals surface area contributed by atoms with Gasteiger partial charge < -0.3 is 15.2 Å². The Labute approximate surface area is 122 Å². The van der Waals surface area contributed by atoms with Crippen LogP contribution in [0.15, 0.2) is 30.3 Å². The van der Waals surface area contributed by atoms with E-state index in [-0.39, 0.29) is 11.3 Å². The first-order valence-electron chi connectivity index (χ1n) is 6.35. The van der Waals surface area contributed by atoms with Crippen molar-refractivity contribution in [3.8, 4) is 17.6 Å². The number of benzene rings is 2. The van der Waals surface area contributed by atoms with Crippen LogP contribution in [0.4, 0.5) is 10.1 Å². The van der Waals surface area contributed by atoms with Crippen LogP contribution < -0.4 is 10.1 Å². The minimum atomic E-state index is -0.435. The molecule has 5 heteroatoms. The molecule has 0 aliphatic rings. The van der Waals surface area contributed by atoms with Crippen molar-refractivity contribution in [2.45, 2.75) is 13.5 Å². The lowest BCUT2D eigenvalue weighted by Crippen LogP contribution is -2.03. The lowest BCUT2D eigenvalue weighted by Gasteiger charge is -2.12. The number of rotatable bonds is 4. The van der Waals surface area contributed by atoms with E-state index in [0.717, 1.165) is 0 Å². The minimum absolute atomic E-state index is 0.0939. The van der Waals surface area contributed by atoms with Crippen LogP contribution in [0, 0.1) is 24.1 Å². The van der Waals surface area contributed by atoms with Crippen molar-refractivity contribution in [1.82, 2.24) is 0 Å². The molecule has 0 bridgehead atoms. The van der Waals surface area contributed by atoms with Gasteiger partial charge in [0.05, 0.1) is 18.7 Å². The maximum Gasteiger partial charge on any atom is 0.129 e. The summed E-state index contributed by atoms with van der Waals surface area (Å²) >= 11 is 0. The average Bonchev–Trinajstić information content (AvgIpc) is 2.49. The number of nitriles is 1. The number of ether oxygens (including phenoxy) is 1. The highest BCUT2D eigenvalue weighted by Crippen LogP contribution is 2.26. The fraction of sp³-hybridized carbons (Fsp3) is 0.188. The molecular weight excluding hydrogens is 271 g/mol. The van der Waals surface area contributed by atoms with Crippen molar-refractivity contribution >= 4 is 5.69 Å². The highest BCUT2D eigenvalue weighted by molar-refractivity contribution is 5.56. The van der Waals surface area contributed by atoms with Gasteiger partial charge >= 0.3 is 0 Å². The third-order valence-corrected chi connectivity index (χ3v) is 3.24. The Morgan fingerprint density at radius 1 is 1.33 bits per heavy atom. The number of nitrogens with one attached hydrogen (secondary N) is 1. The largest absolute Gasteiger partial charge is 0.507 e. The van der Waals surface area contributed by atoms with Crippen LogP contribution in [-0.2, 0) is 6.54 Å². The van der Waals surface area contributed by atoms with E-state index >= 15 is 0 Å². The van der Waals surface area contributed by atoms with Crippen LogP contribution in [0.25, 0.3) is 0 Å². The number of nitrogens with zero attached hydrogens (tertiary/aromatic N) is 1. The lowest BCUT2D eigenvalue weighted by molar-refractivity contribution is 0.406. The molecule has 108 valence electrons. The van der Waals surface area contributed by atoms with Crippen LogP contribution in [0.5, 0.6) is 11.5 Å². The topological polar surface area (TPSA) is 65.3 Å². The maximum atomic E-state index is 13.7. The Balaban J connectivity index is 2.21. The van der Waals surface area contributed by atoms with Crippen LogP contribution in [0.1, 0.15) is 16.7 Å². The van der Waals surface area contributed by atoms with E-state index in [2.05, 4.69) is 5.32 Å². The van der Waals surface area contributed by atoms with Crippen LogP contribution >= 0.6 is 0 Å². The molecule has 0 spiro atoms. The van der Waals surface area contributed by atoms with Gasteiger partial charge in [-0.15, -0.1) is 0 Å². The summed E-state index contributed by atoms with van der Waals surface area (Å²) in [5.74, 6) is 0.219. The third-order valence-electron chi connectivity index (χ3n) is 3.24. The van der Waals surface area contributed by atoms with Crippen molar-refractivity contribution in [2.75, 3.05) is 12.4 Å². The number of phenols is 1. The van der Waals surface area contributed by atoms with Gasteiger partial charge in [0.15, 0.2) is 0 Å². The molecule has 0 amide bonds. The highest BCUT2D eigenvalue weighted by Gasteiger charge is 2.08. The molecule has 0 radical (unpaired) electrons. The summed E-state index contributed by atoms with van der Waals surface area (Å²) in [4.78, 5) is 0. The first kappa shape index (κ1) is 14.7. The predicted molar refractivity (Wildman–Crippen MR) is 77.8 cm³/mol. The second kappa shape index (κ2) is 6.14. The average molecular weight is 286 g/mol. The Morgan fingerprint density at radius 2 is 2.10 bits per heavy atom. The normalized spacial score (nSPS) is 10.0. The number of hydrogen-bond acceptors (Lipinski definition) is 4. The molecule has 0 aliphatic carbocycles. The lowest BCUT2D eigenvalue weighted by atomic mass is 10.1. The SMILES string of the molecule is COc1ccc(CNc2cc(C#N)cc(F)c2C)c(O)c1. The summed E-state index contributed by atoms with van der Waals surface area (Å²) in [7, 11) is 1.52. The molecule has 0 aromatic heterocycles. The van der Waals surface area contributed by atoms with Crippen molar-refractivity contribution < 1.29 is 14.2 Å². The maximum absolute atomic E-state index is 13.7. The number of anilines is 1. The van der Waals surface area contributed by atoms with Gasteiger partial charge in [-0.3, -0.25) is 0 Å². The van der Waals surface area contributed by atoms with E-state index in [4.69, 9.17) is 10.00 Å². The quantitative estimate of drug-likeness (QED) is 0.904. The third kappa shape index (κ3) is 3.23. The van der Waals surface area contributed by atoms with E-state index in [1.165, 1.54) is 19.2 Å². The van der Waals surface area contributed by atoms with Gasteiger partial charge in [-0.25, -0.2) is 4.39 Å². The summed E-state index contributed by atoms with van der Waals surface area (Å²) in [6, 6.07) is 9.66. The van der Waals surface area contributed by atoms with Crippen molar-refractivity contribution in [1.29, 1.82) is 5.26 Å². The number of phenolic OH excluding ortho intramolecular Hbond substituents is 1. The molecule has 0 unspecified atom stereocenters. The van der Waals surface area contributed by atoms with Crippen LogP contribution in [0.3, 0.4) is 0 Å². The molecule has 2 aromatic rings. The zero-order valence-electron chi connectivity index (χ0n) is 11.8. The van der Waals surface area contributed by atoms with Crippen molar-refractivity contribution in [2.24, 2.45) is 0 Å². The fourth-order valence-corrected chi connectivity index (χ4v) is 1.94. The molecule has 0 saturated heterocycles. The molecule has 2 N–H and O–H groups in total. The first-order chi connectivity index (χ1) is 10.0. The summed E-state index contributed by atoms with van der Waals surface area (Å²) < 4.78 is 18.7. The standard InChI is InChI=1S/C16H15FN2O2/c1-10-14(17)5-11(8-18)6-15(10)19-9-12-3-4-13(21-2)7-16(12)20/h3-7,19-20H,9H2,1-2H3. The summed E-state index contributed by atoms with van der Waals surface area (Å²) in [6.07, 6.45) is 0. The molecule has 0 fully saturated rings. The zero-order chi connectivity index (χ0) is 15.4. The minimum Gasteiger partial charge on any atom is -0.507 e. The fourth-order valence-electron chi connectivity index (χ4n) is 1.94. The molecule has 0 heterocycles. The van der Waals surface area contributed by atoms with Crippen LogP contribution in [0.2, 0.25) is 0 Å². The second-order valence-corrected chi connectivity index (χ2v) is 4.59. The molecular formula is C16H15FN2O2. The van der Waals surface area contributed by atoms with Gasteiger partial charge in [0, 0.05) is 29.4 Å².